The van der Waals surface area contributed by atoms with E-state index in [0.29, 0.717) is 11.6 Å². The monoisotopic (exact) mass is 332 g/mol. The highest BCUT2D eigenvalue weighted by molar-refractivity contribution is 5.92. The molecule has 3 amide bonds. The Morgan fingerprint density at radius 1 is 1.38 bits per heavy atom. The van der Waals surface area contributed by atoms with E-state index >= 15 is 0 Å². The Hall–Kier alpha value is -2.05. The maximum absolute atomic E-state index is 12.6. The number of rotatable bonds is 3. The van der Waals surface area contributed by atoms with Gasteiger partial charge in [-0.25, -0.2) is 4.79 Å². The summed E-state index contributed by atoms with van der Waals surface area (Å²) < 4.78 is 5.30. The zero-order valence-electron chi connectivity index (χ0n) is 14.2. The van der Waals surface area contributed by atoms with E-state index in [9.17, 15) is 9.59 Å². The average molecular weight is 332 g/mol. The summed E-state index contributed by atoms with van der Waals surface area (Å²) in [5, 5.41) is 6.98. The number of carbonyl (C=O) groups is 2. The van der Waals surface area contributed by atoms with Crippen molar-refractivity contribution in [2.24, 2.45) is 5.41 Å². The van der Waals surface area contributed by atoms with Crippen LogP contribution < -0.4 is 5.32 Å². The van der Waals surface area contributed by atoms with Crippen molar-refractivity contribution in [1.29, 1.82) is 0 Å². The molecule has 0 radical (unpaired) electrons. The van der Waals surface area contributed by atoms with Gasteiger partial charge in [-0.05, 0) is 37.5 Å². The van der Waals surface area contributed by atoms with Crippen molar-refractivity contribution in [3.05, 3.63) is 17.5 Å². The predicted octanol–water partition coefficient (Wildman–Crippen LogP) is 1.82. The maximum atomic E-state index is 12.6. The lowest BCUT2D eigenvalue weighted by atomic mass is 9.65. The number of nitrogens with one attached hydrogen (secondary N) is 1. The minimum absolute atomic E-state index is 0.0247. The van der Waals surface area contributed by atoms with Gasteiger partial charge in [-0.2, -0.15) is 0 Å². The van der Waals surface area contributed by atoms with Crippen molar-refractivity contribution < 1.29 is 14.1 Å². The average Bonchev–Trinajstić information content (AvgIpc) is 3.09. The highest BCUT2D eigenvalue weighted by Crippen LogP contribution is 2.48. The van der Waals surface area contributed by atoms with Gasteiger partial charge in [0.15, 0.2) is 5.69 Å². The molecule has 24 heavy (non-hydrogen) atoms. The summed E-state index contributed by atoms with van der Waals surface area (Å²) in [6.45, 7) is 1.52. The van der Waals surface area contributed by atoms with Crippen LogP contribution in [0.15, 0.2) is 10.6 Å². The fraction of sp³-hybridized carbons (Fsp3) is 0.706. The summed E-state index contributed by atoms with van der Waals surface area (Å²) in [6, 6.07) is 1.99. The van der Waals surface area contributed by atoms with Crippen LogP contribution in [0.2, 0.25) is 0 Å². The Balaban J connectivity index is 1.32. The fourth-order valence-corrected chi connectivity index (χ4v) is 3.95. The molecule has 2 aliphatic carbocycles. The van der Waals surface area contributed by atoms with E-state index < -0.39 is 0 Å². The Kier molecular flexibility index (Phi) is 3.54. The molecule has 130 valence electrons. The molecule has 7 nitrogen and oxygen atoms in total. The number of hydrogen-bond donors (Lipinski definition) is 1. The Bertz CT molecular complexity index is 659. The van der Waals surface area contributed by atoms with Gasteiger partial charge in [0.25, 0.3) is 5.91 Å². The molecule has 1 aliphatic heterocycles. The van der Waals surface area contributed by atoms with Crippen LogP contribution in [0.4, 0.5) is 4.79 Å². The van der Waals surface area contributed by atoms with Gasteiger partial charge in [-0.3, -0.25) is 4.79 Å². The molecule has 0 aromatic carbocycles. The third kappa shape index (κ3) is 2.76. The van der Waals surface area contributed by atoms with Crippen molar-refractivity contribution in [1.82, 2.24) is 20.3 Å². The minimum Gasteiger partial charge on any atom is -0.360 e. The van der Waals surface area contributed by atoms with Crippen LogP contribution >= 0.6 is 0 Å². The van der Waals surface area contributed by atoms with E-state index in [2.05, 4.69) is 10.5 Å². The number of hydrogen-bond acceptors (Lipinski definition) is 4. The lowest BCUT2D eigenvalue weighted by Gasteiger charge is -2.45. The molecule has 0 bridgehead atoms. The highest BCUT2D eigenvalue weighted by atomic mass is 16.5. The SMILES string of the molecule is CN(C)C(=O)NC1CC2(CCN(C(=O)c3cc(C4CC4)on3)C2)C1. The molecule has 1 aromatic rings. The molecule has 1 spiro atoms. The zero-order valence-corrected chi connectivity index (χ0v) is 14.2. The van der Waals surface area contributed by atoms with Crippen LogP contribution in [-0.4, -0.2) is 60.1 Å². The van der Waals surface area contributed by atoms with Crippen molar-refractivity contribution >= 4 is 11.9 Å². The summed E-state index contributed by atoms with van der Waals surface area (Å²) in [7, 11) is 3.49. The maximum Gasteiger partial charge on any atom is 0.317 e. The summed E-state index contributed by atoms with van der Waals surface area (Å²) in [5.74, 6) is 1.29. The van der Waals surface area contributed by atoms with Gasteiger partial charge in [0, 0.05) is 45.2 Å². The molecular formula is C17H24N4O3. The number of likely N-dealkylation sites (tertiary alicyclic amines) is 1. The van der Waals surface area contributed by atoms with E-state index in [4.69, 9.17) is 4.52 Å². The summed E-state index contributed by atoms with van der Waals surface area (Å²) in [4.78, 5) is 27.7. The van der Waals surface area contributed by atoms with Gasteiger partial charge < -0.3 is 19.6 Å². The quantitative estimate of drug-likeness (QED) is 0.916. The first kappa shape index (κ1) is 15.5. The molecule has 3 aliphatic rings. The zero-order chi connectivity index (χ0) is 16.9. The number of urea groups is 1. The first-order valence-corrected chi connectivity index (χ1v) is 8.69. The summed E-state index contributed by atoms with van der Waals surface area (Å²) in [6.07, 6.45) is 5.16. The van der Waals surface area contributed by atoms with E-state index in [1.165, 1.54) is 0 Å². The largest absolute Gasteiger partial charge is 0.360 e. The molecule has 0 unspecified atom stereocenters. The second-order valence-corrected chi connectivity index (χ2v) is 7.81. The van der Waals surface area contributed by atoms with Crippen LogP contribution in [0.3, 0.4) is 0 Å². The van der Waals surface area contributed by atoms with Crippen molar-refractivity contribution in [3.8, 4) is 0 Å². The van der Waals surface area contributed by atoms with Gasteiger partial charge in [0.1, 0.15) is 5.76 Å². The van der Waals surface area contributed by atoms with Crippen LogP contribution in [0.5, 0.6) is 0 Å². The smallest absolute Gasteiger partial charge is 0.317 e. The first-order valence-electron chi connectivity index (χ1n) is 8.69. The molecule has 1 aromatic heterocycles. The lowest BCUT2D eigenvalue weighted by molar-refractivity contribution is 0.0657. The third-order valence-electron chi connectivity index (χ3n) is 5.55. The highest BCUT2D eigenvalue weighted by Gasteiger charge is 2.50. The molecule has 1 saturated heterocycles. The Morgan fingerprint density at radius 2 is 2.12 bits per heavy atom. The molecule has 7 heteroatoms. The second kappa shape index (κ2) is 5.50. The Labute approximate surface area is 141 Å². The molecule has 3 fully saturated rings. The van der Waals surface area contributed by atoms with Crippen molar-refractivity contribution in [3.63, 3.8) is 0 Å². The summed E-state index contributed by atoms with van der Waals surface area (Å²) >= 11 is 0. The van der Waals surface area contributed by atoms with E-state index in [1.807, 2.05) is 11.0 Å². The number of carbonyl (C=O) groups excluding carboxylic acids is 2. The van der Waals surface area contributed by atoms with Crippen molar-refractivity contribution in [2.45, 2.75) is 44.1 Å². The van der Waals surface area contributed by atoms with E-state index in [-0.39, 0.29) is 23.4 Å². The van der Waals surface area contributed by atoms with Crippen LogP contribution in [0.1, 0.15) is 54.3 Å². The molecule has 0 atom stereocenters. The molecular weight excluding hydrogens is 308 g/mol. The molecule has 2 heterocycles. The Morgan fingerprint density at radius 3 is 2.79 bits per heavy atom. The predicted molar refractivity (Wildman–Crippen MR) is 86.7 cm³/mol. The number of amides is 3. The fourth-order valence-electron chi connectivity index (χ4n) is 3.95. The van der Waals surface area contributed by atoms with Gasteiger partial charge in [0.2, 0.25) is 0 Å². The molecule has 2 saturated carbocycles. The van der Waals surface area contributed by atoms with Gasteiger partial charge in [0.05, 0.1) is 0 Å². The summed E-state index contributed by atoms with van der Waals surface area (Å²) in [5.41, 5.74) is 0.605. The first-order chi connectivity index (χ1) is 11.5. The minimum atomic E-state index is -0.0454. The van der Waals surface area contributed by atoms with Crippen molar-refractivity contribution in [2.75, 3.05) is 27.2 Å². The second-order valence-electron chi connectivity index (χ2n) is 7.81. The number of nitrogens with zero attached hydrogens (tertiary/aromatic N) is 3. The van der Waals surface area contributed by atoms with E-state index in [1.54, 1.807) is 19.0 Å². The number of aromatic nitrogens is 1. The van der Waals surface area contributed by atoms with Gasteiger partial charge >= 0.3 is 6.03 Å². The van der Waals surface area contributed by atoms with Gasteiger partial charge in [-0.15, -0.1) is 0 Å². The lowest BCUT2D eigenvalue weighted by Crippen LogP contribution is -2.54. The van der Waals surface area contributed by atoms with Gasteiger partial charge in [-0.1, -0.05) is 5.16 Å². The third-order valence-corrected chi connectivity index (χ3v) is 5.55. The van der Waals surface area contributed by atoms with Crippen LogP contribution in [-0.2, 0) is 0 Å². The normalized spacial score (nSPS) is 28.8. The molecule has 1 N–H and O–H groups in total. The standard InChI is InChI=1S/C17H24N4O3/c1-20(2)16(23)18-12-8-17(9-12)5-6-21(10-17)15(22)13-7-14(24-19-13)11-3-4-11/h7,11-12H,3-6,8-10H2,1-2H3,(H,18,23). The topological polar surface area (TPSA) is 78.7 Å². The van der Waals surface area contributed by atoms with Crippen LogP contribution in [0, 0.1) is 5.41 Å². The van der Waals surface area contributed by atoms with Crippen LogP contribution in [0.25, 0.3) is 0 Å². The van der Waals surface area contributed by atoms with E-state index in [0.717, 1.165) is 51.0 Å². The molecule has 4 rings (SSSR count).